The number of thioether (sulfide) groups is 1. The van der Waals surface area contributed by atoms with Crippen LogP contribution in [0.3, 0.4) is 0 Å². The molecule has 1 aromatic heterocycles. The number of nitrogens with one attached hydrogen (secondary N) is 1. The first-order chi connectivity index (χ1) is 8.56. The van der Waals surface area contributed by atoms with Crippen LogP contribution in [-0.4, -0.2) is 26.2 Å². The summed E-state index contributed by atoms with van der Waals surface area (Å²) >= 11 is 1.37. The van der Waals surface area contributed by atoms with Crippen LogP contribution in [-0.2, 0) is 4.79 Å². The molecule has 0 amide bonds. The second kappa shape index (κ2) is 5.35. The van der Waals surface area contributed by atoms with Crippen molar-refractivity contribution in [2.24, 2.45) is 0 Å². The minimum Gasteiger partial charge on any atom is -0.299 e. The van der Waals surface area contributed by atoms with E-state index in [-0.39, 0.29) is 11.0 Å². The van der Waals surface area contributed by atoms with Gasteiger partial charge < -0.3 is 0 Å². The van der Waals surface area contributed by atoms with Crippen LogP contribution in [0.5, 0.6) is 0 Å². The molecule has 1 N–H and O–H groups in total. The zero-order chi connectivity index (χ0) is 13.1. The van der Waals surface area contributed by atoms with Crippen LogP contribution in [0.2, 0.25) is 0 Å². The number of benzene rings is 1. The van der Waals surface area contributed by atoms with Gasteiger partial charge in [-0.3, -0.25) is 9.89 Å². The number of carbonyl (C=O) groups is 1. The maximum atomic E-state index is 11.2. The minimum atomic E-state index is -0.119. The Balaban J connectivity index is 2.15. The predicted molar refractivity (Wildman–Crippen MR) is 72.6 cm³/mol. The minimum absolute atomic E-state index is 0.119. The van der Waals surface area contributed by atoms with E-state index < -0.39 is 0 Å². The lowest BCUT2D eigenvalue weighted by atomic mass is 10.1. The molecule has 94 valence electrons. The fourth-order valence-corrected chi connectivity index (χ4v) is 2.11. The average Bonchev–Trinajstić information content (AvgIpc) is 2.78. The summed E-state index contributed by atoms with van der Waals surface area (Å²) in [6.45, 7) is 5.47. The van der Waals surface area contributed by atoms with Gasteiger partial charge in [0.05, 0.1) is 5.25 Å². The second-order valence-electron chi connectivity index (χ2n) is 4.20. The van der Waals surface area contributed by atoms with Gasteiger partial charge in [0.2, 0.25) is 5.16 Å². The van der Waals surface area contributed by atoms with E-state index in [9.17, 15) is 4.79 Å². The van der Waals surface area contributed by atoms with Gasteiger partial charge in [0.25, 0.3) is 0 Å². The van der Waals surface area contributed by atoms with Gasteiger partial charge in [-0.25, -0.2) is 4.98 Å². The van der Waals surface area contributed by atoms with E-state index in [4.69, 9.17) is 0 Å². The lowest BCUT2D eigenvalue weighted by Crippen LogP contribution is -2.08. The number of Topliss-reactive ketones (excluding diaryl/α,β-unsaturated/α-hetero) is 1. The Morgan fingerprint density at radius 1 is 1.33 bits per heavy atom. The van der Waals surface area contributed by atoms with Gasteiger partial charge in [0.1, 0.15) is 5.78 Å². The highest BCUT2D eigenvalue weighted by atomic mass is 32.2. The molecule has 4 nitrogen and oxygen atoms in total. The number of aryl methyl sites for hydroxylation is 1. The number of carbonyl (C=O) groups excluding carboxylic acids is 1. The van der Waals surface area contributed by atoms with Gasteiger partial charge in [-0.1, -0.05) is 41.6 Å². The maximum absolute atomic E-state index is 11.2. The monoisotopic (exact) mass is 261 g/mol. The Kier molecular flexibility index (Phi) is 3.81. The van der Waals surface area contributed by atoms with Crippen LogP contribution in [0.4, 0.5) is 0 Å². The van der Waals surface area contributed by atoms with Crippen molar-refractivity contribution in [1.29, 1.82) is 0 Å². The number of H-pyrrole nitrogens is 1. The van der Waals surface area contributed by atoms with Crippen LogP contribution in [0.1, 0.15) is 19.4 Å². The number of hydrogen-bond acceptors (Lipinski definition) is 4. The van der Waals surface area contributed by atoms with E-state index in [1.165, 1.54) is 17.3 Å². The summed E-state index contributed by atoms with van der Waals surface area (Å²) in [7, 11) is 0. The van der Waals surface area contributed by atoms with E-state index in [1.54, 1.807) is 6.92 Å². The Hall–Kier alpha value is -1.62. The van der Waals surface area contributed by atoms with Crippen LogP contribution < -0.4 is 0 Å². The molecule has 2 rings (SSSR count). The second-order valence-corrected chi connectivity index (χ2v) is 5.51. The van der Waals surface area contributed by atoms with Crippen LogP contribution in [0.15, 0.2) is 29.4 Å². The Morgan fingerprint density at radius 3 is 2.61 bits per heavy atom. The first kappa shape index (κ1) is 12.8. The highest BCUT2D eigenvalue weighted by Gasteiger charge is 2.13. The normalized spacial score (nSPS) is 12.4. The summed E-state index contributed by atoms with van der Waals surface area (Å²) in [5, 5.41) is 7.49. The first-order valence-corrected chi connectivity index (χ1v) is 6.61. The number of hydrogen-bond donors (Lipinski definition) is 1. The fraction of sp³-hybridized carbons (Fsp3) is 0.308. The number of rotatable bonds is 4. The average molecular weight is 261 g/mol. The van der Waals surface area contributed by atoms with Crippen molar-refractivity contribution in [2.45, 2.75) is 31.2 Å². The van der Waals surface area contributed by atoms with Crippen molar-refractivity contribution in [1.82, 2.24) is 15.2 Å². The molecule has 0 aliphatic heterocycles. The smallest absolute Gasteiger partial charge is 0.209 e. The van der Waals surface area contributed by atoms with E-state index in [0.717, 1.165) is 11.4 Å². The molecule has 5 heteroatoms. The third-order valence-electron chi connectivity index (χ3n) is 2.64. The molecule has 1 aromatic carbocycles. The lowest BCUT2D eigenvalue weighted by molar-refractivity contribution is -0.116. The molecule has 0 aliphatic carbocycles. The van der Waals surface area contributed by atoms with E-state index >= 15 is 0 Å². The standard InChI is InChI=1S/C13H15N3OS/c1-8-4-6-11(7-5-8)12-14-13(16-15-12)18-10(3)9(2)17/h4-7,10H,1-3H3,(H,14,15,16). The molecule has 0 aliphatic rings. The summed E-state index contributed by atoms with van der Waals surface area (Å²) in [6.07, 6.45) is 0. The topological polar surface area (TPSA) is 58.6 Å². The van der Waals surface area contributed by atoms with Gasteiger partial charge >= 0.3 is 0 Å². The summed E-state index contributed by atoms with van der Waals surface area (Å²) in [6, 6.07) is 8.06. The molecule has 1 atom stereocenters. The van der Waals surface area contributed by atoms with Gasteiger partial charge in [0, 0.05) is 5.56 Å². The number of nitrogens with zero attached hydrogens (tertiary/aromatic N) is 2. The molecular weight excluding hydrogens is 246 g/mol. The van der Waals surface area contributed by atoms with Crippen LogP contribution >= 0.6 is 11.8 Å². The number of aromatic amines is 1. The Bertz CT molecular complexity index is 548. The third kappa shape index (κ3) is 2.98. The van der Waals surface area contributed by atoms with Gasteiger partial charge in [-0.15, -0.1) is 5.10 Å². The van der Waals surface area contributed by atoms with Gasteiger partial charge in [-0.05, 0) is 20.8 Å². The molecule has 0 bridgehead atoms. The third-order valence-corrected chi connectivity index (χ3v) is 3.72. The predicted octanol–water partition coefficient (Wildman–Crippen LogP) is 2.85. The number of ketones is 1. The highest BCUT2D eigenvalue weighted by Crippen LogP contribution is 2.23. The van der Waals surface area contributed by atoms with Crippen molar-refractivity contribution in [2.75, 3.05) is 0 Å². The first-order valence-electron chi connectivity index (χ1n) is 5.73. The highest BCUT2D eigenvalue weighted by molar-refractivity contribution is 8.00. The summed E-state index contributed by atoms with van der Waals surface area (Å²) in [5.41, 5.74) is 2.20. The zero-order valence-corrected chi connectivity index (χ0v) is 11.4. The molecule has 1 heterocycles. The fourth-order valence-electron chi connectivity index (χ4n) is 1.38. The largest absolute Gasteiger partial charge is 0.299 e. The summed E-state index contributed by atoms with van der Waals surface area (Å²) in [5.74, 6) is 0.856. The number of aromatic nitrogens is 3. The molecule has 0 saturated heterocycles. The molecule has 1 unspecified atom stereocenters. The van der Waals surface area contributed by atoms with E-state index in [0.29, 0.717) is 5.16 Å². The molecule has 0 radical (unpaired) electrons. The molecule has 2 aromatic rings. The van der Waals surface area contributed by atoms with Gasteiger partial charge in [0.15, 0.2) is 5.82 Å². The molecular formula is C13H15N3OS. The van der Waals surface area contributed by atoms with Crippen molar-refractivity contribution < 1.29 is 4.79 Å². The van der Waals surface area contributed by atoms with Crippen molar-refractivity contribution in [3.63, 3.8) is 0 Å². The molecule has 0 saturated carbocycles. The van der Waals surface area contributed by atoms with Crippen LogP contribution in [0, 0.1) is 6.92 Å². The van der Waals surface area contributed by atoms with Crippen molar-refractivity contribution in [3.8, 4) is 11.4 Å². The molecule has 0 fully saturated rings. The quantitative estimate of drug-likeness (QED) is 0.860. The van der Waals surface area contributed by atoms with E-state index in [2.05, 4.69) is 15.2 Å². The Labute approximate surface area is 110 Å². The molecule has 0 spiro atoms. The lowest BCUT2D eigenvalue weighted by Gasteiger charge is -2.01. The maximum Gasteiger partial charge on any atom is 0.209 e. The summed E-state index contributed by atoms with van der Waals surface area (Å²) in [4.78, 5) is 15.6. The van der Waals surface area contributed by atoms with Crippen molar-refractivity contribution >= 4 is 17.5 Å². The van der Waals surface area contributed by atoms with Crippen molar-refractivity contribution in [3.05, 3.63) is 29.8 Å². The molecule has 18 heavy (non-hydrogen) atoms. The Morgan fingerprint density at radius 2 is 2.00 bits per heavy atom. The zero-order valence-electron chi connectivity index (χ0n) is 10.6. The summed E-state index contributed by atoms with van der Waals surface area (Å²) < 4.78 is 0. The van der Waals surface area contributed by atoms with E-state index in [1.807, 2.05) is 38.1 Å². The van der Waals surface area contributed by atoms with Gasteiger partial charge in [-0.2, -0.15) is 0 Å². The van der Waals surface area contributed by atoms with Crippen LogP contribution in [0.25, 0.3) is 11.4 Å². The SMILES string of the molecule is CC(=O)C(C)Sc1n[nH]c(-c2ccc(C)cc2)n1.